The number of para-hydroxylation sites is 1. The maximum Gasteiger partial charge on any atom is 0.248 e. The third-order valence-electron chi connectivity index (χ3n) is 4.40. The van der Waals surface area contributed by atoms with Gasteiger partial charge in [-0.1, -0.05) is 38.1 Å². The fraction of sp³-hybridized carbons (Fsp3) is 0.350. The second-order valence-corrected chi connectivity index (χ2v) is 8.22. The van der Waals surface area contributed by atoms with Crippen LogP contribution < -0.4 is 9.62 Å². The number of hydrogen-bond acceptors (Lipinski definition) is 3. The number of rotatable bonds is 7. The van der Waals surface area contributed by atoms with Crippen molar-refractivity contribution < 1.29 is 17.6 Å². The molecule has 146 valence electrons. The molecule has 0 aliphatic heterocycles. The first-order valence-corrected chi connectivity index (χ1v) is 10.7. The quantitative estimate of drug-likeness (QED) is 0.780. The van der Waals surface area contributed by atoms with E-state index in [9.17, 15) is 17.6 Å². The molecule has 0 bridgehead atoms. The number of sulfonamides is 1. The van der Waals surface area contributed by atoms with E-state index in [0.717, 1.165) is 40.6 Å². The van der Waals surface area contributed by atoms with Crippen LogP contribution in [0.2, 0.25) is 0 Å². The van der Waals surface area contributed by atoms with Gasteiger partial charge in [0.05, 0.1) is 11.9 Å². The predicted molar refractivity (Wildman–Crippen MR) is 107 cm³/mol. The molecule has 27 heavy (non-hydrogen) atoms. The summed E-state index contributed by atoms with van der Waals surface area (Å²) in [6, 6.07) is 9.95. The molecule has 0 aliphatic carbocycles. The number of carbonyl (C=O) groups excluding carboxylic acids is 1. The summed E-state index contributed by atoms with van der Waals surface area (Å²) in [7, 11) is -3.80. The molecule has 0 fully saturated rings. The molecule has 2 aromatic carbocycles. The summed E-state index contributed by atoms with van der Waals surface area (Å²) in [6.45, 7) is 5.47. The molecule has 1 N–H and O–H groups in total. The highest BCUT2D eigenvalue weighted by Crippen LogP contribution is 2.25. The fourth-order valence-corrected chi connectivity index (χ4v) is 4.22. The Morgan fingerprint density at radius 3 is 2.15 bits per heavy atom. The van der Waals surface area contributed by atoms with Crippen molar-refractivity contribution in [1.82, 2.24) is 0 Å². The van der Waals surface area contributed by atoms with E-state index in [0.29, 0.717) is 5.69 Å². The zero-order valence-electron chi connectivity index (χ0n) is 16.0. The Kier molecular flexibility index (Phi) is 6.59. The molecule has 0 unspecified atom stereocenters. The summed E-state index contributed by atoms with van der Waals surface area (Å²) >= 11 is 0. The second kappa shape index (κ2) is 8.52. The molecule has 1 atom stereocenters. The van der Waals surface area contributed by atoms with Crippen LogP contribution in [0.4, 0.5) is 15.8 Å². The lowest BCUT2D eigenvalue weighted by Gasteiger charge is -2.28. The number of anilines is 2. The van der Waals surface area contributed by atoms with Crippen molar-refractivity contribution >= 4 is 27.3 Å². The molecule has 2 rings (SSSR count). The fourth-order valence-electron chi connectivity index (χ4n) is 3.05. The monoisotopic (exact) mass is 392 g/mol. The molecule has 5 nitrogen and oxygen atoms in total. The number of nitrogens with zero attached hydrogens (tertiary/aromatic N) is 1. The predicted octanol–water partition coefficient (Wildman–Crippen LogP) is 3.74. The van der Waals surface area contributed by atoms with Crippen molar-refractivity contribution in [2.75, 3.05) is 15.9 Å². The molecule has 1 amide bonds. The normalized spacial score (nSPS) is 12.5. The Labute approximate surface area is 160 Å². The minimum atomic E-state index is -3.80. The van der Waals surface area contributed by atoms with Crippen molar-refractivity contribution in [2.45, 2.75) is 39.7 Å². The van der Waals surface area contributed by atoms with E-state index >= 15 is 0 Å². The first-order valence-electron chi connectivity index (χ1n) is 8.85. The van der Waals surface area contributed by atoms with E-state index in [4.69, 9.17) is 0 Å². The summed E-state index contributed by atoms with van der Waals surface area (Å²) in [6.07, 6.45) is 2.47. The Bertz CT molecular complexity index is 906. The van der Waals surface area contributed by atoms with Crippen LogP contribution in [0.25, 0.3) is 0 Å². The molecule has 7 heteroatoms. The van der Waals surface area contributed by atoms with Crippen molar-refractivity contribution in [1.29, 1.82) is 0 Å². The second-order valence-electron chi connectivity index (χ2n) is 6.36. The van der Waals surface area contributed by atoms with Gasteiger partial charge in [0.15, 0.2) is 0 Å². The molecule has 0 aromatic heterocycles. The minimum Gasteiger partial charge on any atom is -0.324 e. The van der Waals surface area contributed by atoms with Gasteiger partial charge in [-0.25, -0.2) is 12.8 Å². The van der Waals surface area contributed by atoms with Crippen LogP contribution in [0.5, 0.6) is 0 Å². The standard InChI is InChI=1S/C20H25FN2O3S/c1-5-15-9-7-10-16(6-2)19(15)22-20(24)14(3)23(27(4,25)26)18-12-8-11-17(21)13-18/h7-14H,5-6H2,1-4H3,(H,22,24)/t14-/m0/s1. The van der Waals surface area contributed by atoms with Crippen molar-refractivity contribution in [3.8, 4) is 0 Å². The maximum absolute atomic E-state index is 13.6. The summed E-state index contributed by atoms with van der Waals surface area (Å²) in [5, 5.41) is 2.88. The average Bonchev–Trinajstić information content (AvgIpc) is 2.60. The molecular weight excluding hydrogens is 367 g/mol. The van der Waals surface area contributed by atoms with Gasteiger partial charge < -0.3 is 5.32 Å². The molecule has 0 aliphatic rings. The number of aryl methyl sites for hydroxylation is 2. The van der Waals surface area contributed by atoms with Crippen LogP contribution in [-0.2, 0) is 27.7 Å². The summed E-state index contributed by atoms with van der Waals surface area (Å²) in [4.78, 5) is 12.9. The third-order valence-corrected chi connectivity index (χ3v) is 5.64. The van der Waals surface area contributed by atoms with Gasteiger partial charge in [0, 0.05) is 5.69 Å². The van der Waals surface area contributed by atoms with E-state index < -0.39 is 27.8 Å². The lowest BCUT2D eigenvalue weighted by molar-refractivity contribution is -0.116. The largest absolute Gasteiger partial charge is 0.324 e. The van der Waals surface area contributed by atoms with Gasteiger partial charge in [-0.2, -0.15) is 0 Å². The van der Waals surface area contributed by atoms with Crippen molar-refractivity contribution in [2.24, 2.45) is 0 Å². The van der Waals surface area contributed by atoms with E-state index in [1.165, 1.54) is 25.1 Å². The zero-order chi connectivity index (χ0) is 20.2. The Morgan fingerprint density at radius 1 is 1.11 bits per heavy atom. The van der Waals surface area contributed by atoms with E-state index in [1.807, 2.05) is 32.0 Å². The van der Waals surface area contributed by atoms with Crippen molar-refractivity contribution in [3.05, 3.63) is 59.4 Å². The van der Waals surface area contributed by atoms with Gasteiger partial charge >= 0.3 is 0 Å². The van der Waals surface area contributed by atoms with Crippen LogP contribution in [0.15, 0.2) is 42.5 Å². The molecule has 2 aromatic rings. The molecule has 0 radical (unpaired) electrons. The highest BCUT2D eigenvalue weighted by molar-refractivity contribution is 7.92. The Balaban J connectivity index is 2.40. The SMILES string of the molecule is CCc1cccc(CC)c1NC(=O)[C@H](C)N(c1cccc(F)c1)S(C)(=O)=O. The molecule has 0 heterocycles. The van der Waals surface area contributed by atoms with Gasteiger partial charge in [-0.05, 0) is 49.1 Å². The smallest absolute Gasteiger partial charge is 0.248 e. The van der Waals surface area contributed by atoms with Crippen LogP contribution in [0.1, 0.15) is 31.9 Å². The lowest BCUT2D eigenvalue weighted by atomic mass is 10.0. The number of hydrogen-bond donors (Lipinski definition) is 1. The van der Waals surface area contributed by atoms with Gasteiger partial charge in [-0.3, -0.25) is 9.10 Å². The first-order chi connectivity index (χ1) is 12.7. The van der Waals surface area contributed by atoms with E-state index in [2.05, 4.69) is 5.32 Å². The van der Waals surface area contributed by atoms with Gasteiger partial charge in [0.25, 0.3) is 0 Å². The van der Waals surface area contributed by atoms with Gasteiger partial charge in [-0.15, -0.1) is 0 Å². The lowest BCUT2D eigenvalue weighted by Crippen LogP contribution is -2.45. The minimum absolute atomic E-state index is 0.111. The zero-order valence-corrected chi connectivity index (χ0v) is 16.8. The third kappa shape index (κ3) is 4.86. The molecule has 0 saturated heterocycles. The first kappa shape index (κ1) is 20.9. The summed E-state index contributed by atoms with van der Waals surface area (Å²) in [5.41, 5.74) is 2.78. The Hall–Kier alpha value is -2.41. The molecule has 0 saturated carbocycles. The average molecular weight is 392 g/mol. The van der Waals surface area contributed by atoms with Gasteiger partial charge in [0.1, 0.15) is 11.9 Å². The summed E-state index contributed by atoms with van der Waals surface area (Å²) in [5.74, 6) is -1.04. The van der Waals surface area contributed by atoms with Crippen molar-refractivity contribution in [3.63, 3.8) is 0 Å². The van der Waals surface area contributed by atoms with Crippen LogP contribution in [0.3, 0.4) is 0 Å². The van der Waals surface area contributed by atoms with E-state index in [-0.39, 0.29) is 5.69 Å². The number of benzene rings is 2. The maximum atomic E-state index is 13.6. The number of carbonyl (C=O) groups is 1. The number of nitrogens with one attached hydrogen (secondary N) is 1. The highest BCUT2D eigenvalue weighted by Gasteiger charge is 2.30. The topological polar surface area (TPSA) is 66.5 Å². The molecular formula is C20H25FN2O3S. The van der Waals surface area contributed by atoms with E-state index in [1.54, 1.807) is 0 Å². The highest BCUT2D eigenvalue weighted by atomic mass is 32.2. The van der Waals surface area contributed by atoms with Crippen LogP contribution in [0, 0.1) is 5.82 Å². The molecule has 0 spiro atoms. The Morgan fingerprint density at radius 2 is 1.67 bits per heavy atom. The van der Waals surface area contributed by atoms with Crippen LogP contribution in [-0.4, -0.2) is 26.6 Å². The number of halogens is 1. The number of amides is 1. The van der Waals surface area contributed by atoms with Gasteiger partial charge in [0.2, 0.25) is 15.9 Å². The van der Waals surface area contributed by atoms with Crippen LogP contribution >= 0.6 is 0 Å². The summed E-state index contributed by atoms with van der Waals surface area (Å²) < 4.78 is 39.2.